The molecule has 0 bridgehead atoms. The standard InChI is InChI=1S/C24H29N3O6S4/c1-3-32-23(30)19(13-36-34)26-21(28)15-9-5-7-11-17(15)25-18-12-8-6-10-16(18)22(29)27-20(14-37-35)24(31)33-4-2/h5-12,19-20,25,34-35H,3-4,13-14H2,1-2H3,(H,26,28)(H,27,29). The van der Waals surface area contributed by atoms with Crippen LogP contribution in [0.2, 0.25) is 0 Å². The number of carbonyl (C=O) groups is 4. The molecule has 0 aromatic heterocycles. The van der Waals surface area contributed by atoms with Crippen LogP contribution in [-0.4, -0.2) is 60.6 Å². The Labute approximate surface area is 234 Å². The lowest BCUT2D eigenvalue weighted by molar-refractivity contribution is -0.145. The third kappa shape index (κ3) is 9.40. The van der Waals surface area contributed by atoms with Crippen molar-refractivity contribution in [3.63, 3.8) is 0 Å². The lowest BCUT2D eigenvalue weighted by atomic mass is 10.1. The van der Waals surface area contributed by atoms with E-state index in [4.69, 9.17) is 9.47 Å². The van der Waals surface area contributed by atoms with Gasteiger partial charge in [0.1, 0.15) is 12.1 Å². The third-order valence-electron chi connectivity index (χ3n) is 4.85. The number of carbonyl (C=O) groups excluding carboxylic acids is 4. The van der Waals surface area contributed by atoms with Crippen LogP contribution in [0.4, 0.5) is 11.4 Å². The van der Waals surface area contributed by atoms with Crippen LogP contribution in [0.5, 0.6) is 0 Å². The van der Waals surface area contributed by atoms with E-state index in [-0.39, 0.29) is 35.8 Å². The van der Waals surface area contributed by atoms with Gasteiger partial charge in [0.2, 0.25) is 0 Å². The fourth-order valence-corrected chi connectivity index (χ4v) is 4.80. The highest BCUT2D eigenvalue weighted by Gasteiger charge is 2.25. The zero-order valence-corrected chi connectivity index (χ0v) is 23.7. The first-order valence-corrected chi connectivity index (χ1v) is 15.4. The first-order chi connectivity index (χ1) is 17.9. The summed E-state index contributed by atoms with van der Waals surface area (Å²) in [6.07, 6.45) is 0. The van der Waals surface area contributed by atoms with Crippen LogP contribution >= 0.6 is 44.9 Å². The van der Waals surface area contributed by atoms with Crippen molar-refractivity contribution >= 4 is 80.0 Å². The van der Waals surface area contributed by atoms with E-state index < -0.39 is 35.8 Å². The second-order valence-corrected chi connectivity index (χ2v) is 10.1. The number of nitrogens with one attached hydrogen (secondary N) is 3. The van der Waals surface area contributed by atoms with Crippen molar-refractivity contribution in [2.45, 2.75) is 25.9 Å². The normalized spacial score (nSPS) is 12.1. The van der Waals surface area contributed by atoms with Crippen LogP contribution in [0.3, 0.4) is 0 Å². The molecule has 0 fully saturated rings. The Morgan fingerprint density at radius 1 is 0.730 bits per heavy atom. The SMILES string of the molecule is CCOC(=O)C(CSS)NC(=O)c1ccccc1Nc1ccccc1C(=O)NC(CSS)C(=O)OCC. The Bertz CT molecular complexity index is 1000. The summed E-state index contributed by atoms with van der Waals surface area (Å²) < 4.78 is 10.1. The van der Waals surface area contributed by atoms with E-state index >= 15 is 0 Å². The molecule has 200 valence electrons. The Kier molecular flexibility index (Phi) is 13.6. The molecule has 2 amide bonds. The summed E-state index contributed by atoms with van der Waals surface area (Å²) >= 11 is 8.17. The number of hydrogen-bond acceptors (Lipinski definition) is 11. The number of anilines is 2. The van der Waals surface area contributed by atoms with E-state index in [1.807, 2.05) is 0 Å². The van der Waals surface area contributed by atoms with Crippen LogP contribution in [0.15, 0.2) is 48.5 Å². The van der Waals surface area contributed by atoms with Gasteiger partial charge in [0.05, 0.1) is 35.7 Å². The molecule has 2 aromatic carbocycles. The van der Waals surface area contributed by atoms with Crippen LogP contribution in [0, 0.1) is 0 Å². The number of esters is 2. The minimum atomic E-state index is -0.884. The van der Waals surface area contributed by atoms with Gasteiger partial charge in [0.15, 0.2) is 0 Å². The Morgan fingerprint density at radius 3 is 1.46 bits per heavy atom. The summed E-state index contributed by atoms with van der Waals surface area (Å²) in [7, 11) is 2.21. The summed E-state index contributed by atoms with van der Waals surface area (Å²) in [6, 6.07) is 11.6. The van der Waals surface area contributed by atoms with Crippen LogP contribution in [-0.2, 0) is 19.1 Å². The first kappa shape index (κ1) is 30.7. The molecule has 0 spiro atoms. The molecule has 2 unspecified atom stereocenters. The van der Waals surface area contributed by atoms with E-state index in [1.54, 1.807) is 62.4 Å². The lowest BCUT2D eigenvalue weighted by Gasteiger charge is -2.19. The van der Waals surface area contributed by atoms with Gasteiger partial charge in [-0.2, -0.15) is 0 Å². The summed E-state index contributed by atoms with van der Waals surface area (Å²) in [6.45, 7) is 3.74. The fraction of sp³-hybridized carbons (Fsp3) is 0.333. The van der Waals surface area contributed by atoms with Gasteiger partial charge in [-0.1, -0.05) is 45.9 Å². The first-order valence-electron chi connectivity index (χ1n) is 11.3. The van der Waals surface area contributed by atoms with Crippen LogP contribution in [0.25, 0.3) is 0 Å². The van der Waals surface area contributed by atoms with Gasteiger partial charge in [-0.05, 0) is 38.1 Å². The molecule has 0 heterocycles. The monoisotopic (exact) mass is 583 g/mol. The average molecular weight is 584 g/mol. The molecule has 2 rings (SSSR count). The smallest absolute Gasteiger partial charge is 0.329 e. The summed E-state index contributed by atoms with van der Waals surface area (Å²) in [5.41, 5.74) is 1.34. The van der Waals surface area contributed by atoms with Crippen LogP contribution in [0.1, 0.15) is 34.6 Å². The van der Waals surface area contributed by atoms with Gasteiger partial charge in [0.25, 0.3) is 11.8 Å². The van der Waals surface area contributed by atoms with E-state index in [9.17, 15) is 19.2 Å². The van der Waals surface area contributed by atoms with E-state index in [0.29, 0.717) is 11.4 Å². The minimum Gasteiger partial charge on any atom is -0.464 e. The summed E-state index contributed by atoms with van der Waals surface area (Å²) in [5.74, 6) is -1.67. The van der Waals surface area contributed by atoms with Gasteiger partial charge >= 0.3 is 11.9 Å². The highest BCUT2D eigenvalue weighted by Crippen LogP contribution is 2.25. The predicted molar refractivity (Wildman–Crippen MR) is 155 cm³/mol. The van der Waals surface area contributed by atoms with Crippen molar-refractivity contribution in [2.24, 2.45) is 0 Å². The van der Waals surface area contributed by atoms with Crippen molar-refractivity contribution < 1.29 is 28.7 Å². The van der Waals surface area contributed by atoms with E-state index in [2.05, 4.69) is 39.3 Å². The van der Waals surface area contributed by atoms with Crippen molar-refractivity contribution in [2.75, 3.05) is 30.0 Å². The summed E-state index contributed by atoms with van der Waals surface area (Å²) in [5, 5.41) is 8.49. The van der Waals surface area contributed by atoms with Gasteiger partial charge in [-0.3, -0.25) is 9.59 Å². The predicted octanol–water partition coefficient (Wildman–Crippen LogP) is 3.91. The number of benzene rings is 2. The zero-order chi connectivity index (χ0) is 27.2. The number of para-hydroxylation sites is 2. The molecule has 2 aromatic rings. The van der Waals surface area contributed by atoms with Gasteiger partial charge in [0, 0.05) is 11.5 Å². The average Bonchev–Trinajstić information content (AvgIpc) is 2.89. The highest BCUT2D eigenvalue weighted by atomic mass is 33.1. The fourth-order valence-electron chi connectivity index (χ4n) is 3.17. The molecule has 0 aliphatic heterocycles. The Hall–Kier alpha value is -2.48. The highest BCUT2D eigenvalue weighted by molar-refractivity contribution is 8.68. The summed E-state index contributed by atoms with van der Waals surface area (Å²) in [4.78, 5) is 50.6. The number of hydrogen-bond donors (Lipinski definition) is 5. The zero-order valence-electron chi connectivity index (χ0n) is 20.3. The maximum atomic E-state index is 13.1. The molecule has 37 heavy (non-hydrogen) atoms. The minimum absolute atomic E-state index is 0.184. The molecule has 9 nitrogen and oxygen atoms in total. The van der Waals surface area contributed by atoms with Crippen molar-refractivity contribution in [3.05, 3.63) is 59.7 Å². The molecule has 0 aliphatic rings. The molecule has 0 radical (unpaired) electrons. The molecule has 3 N–H and O–H groups in total. The van der Waals surface area contributed by atoms with Crippen LogP contribution < -0.4 is 16.0 Å². The van der Waals surface area contributed by atoms with Gasteiger partial charge in [-0.25, -0.2) is 9.59 Å². The number of rotatable bonds is 14. The molecular weight excluding hydrogens is 555 g/mol. The quantitative estimate of drug-likeness (QED) is 0.128. The maximum absolute atomic E-state index is 13.1. The molecular formula is C24H29N3O6S4. The van der Waals surface area contributed by atoms with Gasteiger partial charge < -0.3 is 25.4 Å². The van der Waals surface area contributed by atoms with Crippen molar-refractivity contribution in [1.82, 2.24) is 10.6 Å². The third-order valence-corrected chi connectivity index (χ3v) is 6.71. The number of thiol groups is 2. The largest absolute Gasteiger partial charge is 0.464 e. The molecule has 0 saturated carbocycles. The van der Waals surface area contributed by atoms with Crippen molar-refractivity contribution in [1.29, 1.82) is 0 Å². The lowest BCUT2D eigenvalue weighted by Crippen LogP contribution is -2.44. The maximum Gasteiger partial charge on any atom is 0.329 e. The van der Waals surface area contributed by atoms with E-state index in [0.717, 1.165) is 21.6 Å². The molecule has 0 aliphatic carbocycles. The van der Waals surface area contributed by atoms with Crippen molar-refractivity contribution in [3.8, 4) is 0 Å². The number of ether oxygens (including phenoxy) is 2. The Balaban J connectivity index is 2.28. The topological polar surface area (TPSA) is 123 Å². The van der Waals surface area contributed by atoms with Gasteiger partial charge in [-0.15, -0.1) is 23.3 Å². The van der Waals surface area contributed by atoms with E-state index in [1.165, 1.54) is 0 Å². The number of amides is 2. The molecule has 2 atom stereocenters. The Morgan fingerprint density at radius 2 is 1.11 bits per heavy atom. The second kappa shape index (κ2) is 16.4. The molecule has 13 heteroatoms. The molecule has 0 saturated heterocycles. The second-order valence-electron chi connectivity index (χ2n) is 7.36.